The predicted octanol–water partition coefficient (Wildman–Crippen LogP) is 4.05. The lowest BCUT2D eigenvalue weighted by molar-refractivity contribution is -0.380. The molecule has 1 aromatic rings. The van der Waals surface area contributed by atoms with Crippen LogP contribution in [-0.4, -0.2) is 17.9 Å². The van der Waals surface area contributed by atoms with Crippen molar-refractivity contribution in [1.29, 1.82) is 0 Å². The Balaban J connectivity index is 3.38. The van der Waals surface area contributed by atoms with Crippen molar-refractivity contribution in [3.05, 3.63) is 35.0 Å². The molecule has 2 heteroatoms. The summed E-state index contributed by atoms with van der Waals surface area (Å²) in [5.74, 6) is 0.927. The van der Waals surface area contributed by atoms with Gasteiger partial charge in [-0.2, -0.15) is 4.58 Å². The van der Waals surface area contributed by atoms with Crippen molar-refractivity contribution in [3.63, 3.8) is 0 Å². The minimum atomic E-state index is 0.927. The molecule has 2 nitrogen and oxygen atoms in total. The second-order valence-corrected chi connectivity index (χ2v) is 4.32. The Hall–Kier alpha value is -1.57. The molecule has 1 rings (SSSR count). The zero-order valence-corrected chi connectivity index (χ0v) is 11.7. The number of ether oxygens (including phenoxy) is 1. The molecule has 0 aliphatic carbocycles. The molecule has 0 unspecified atom stereocenters. The van der Waals surface area contributed by atoms with Gasteiger partial charge in [-0.1, -0.05) is 6.07 Å². The van der Waals surface area contributed by atoms with Gasteiger partial charge in [0.1, 0.15) is 12.0 Å². The molecule has 0 saturated heterocycles. The van der Waals surface area contributed by atoms with E-state index >= 15 is 0 Å². The molecule has 0 spiro atoms. The molecule has 0 aliphatic heterocycles. The second kappa shape index (κ2) is 5.67. The van der Waals surface area contributed by atoms with E-state index in [0.29, 0.717) is 0 Å². The zero-order chi connectivity index (χ0) is 13.0. The number of hydrogen-bond acceptors (Lipinski definition) is 1. The van der Waals surface area contributed by atoms with E-state index in [1.54, 1.807) is 7.11 Å². The standard InChI is InChI=1S/C15H22NO/c1-7-16(13(5)11(2)3)14-9-8-10-15(17-6)12(14)4/h7-10H,1-6H3/q+1. The Morgan fingerprint density at radius 1 is 1.24 bits per heavy atom. The molecule has 0 amide bonds. The fourth-order valence-corrected chi connectivity index (χ4v) is 1.84. The van der Waals surface area contributed by atoms with Crippen molar-refractivity contribution in [3.8, 4) is 5.75 Å². The van der Waals surface area contributed by atoms with Crippen LogP contribution in [0, 0.1) is 6.92 Å². The number of nitrogens with zero attached hydrogens (tertiary/aromatic N) is 1. The summed E-state index contributed by atoms with van der Waals surface area (Å²) in [6, 6.07) is 6.13. The molecule has 92 valence electrons. The summed E-state index contributed by atoms with van der Waals surface area (Å²) in [7, 11) is 1.71. The van der Waals surface area contributed by atoms with Gasteiger partial charge in [0, 0.05) is 19.9 Å². The number of allylic oxidation sites excluding steroid dienone is 2. The highest BCUT2D eigenvalue weighted by Crippen LogP contribution is 2.29. The van der Waals surface area contributed by atoms with Crippen molar-refractivity contribution in [2.75, 3.05) is 7.11 Å². The van der Waals surface area contributed by atoms with E-state index in [-0.39, 0.29) is 0 Å². The van der Waals surface area contributed by atoms with Gasteiger partial charge in [-0.25, -0.2) is 0 Å². The normalized spacial score (nSPS) is 11.3. The van der Waals surface area contributed by atoms with Crippen molar-refractivity contribution in [1.82, 2.24) is 0 Å². The van der Waals surface area contributed by atoms with Gasteiger partial charge in [0.25, 0.3) is 0 Å². The molecule has 0 aromatic heterocycles. The van der Waals surface area contributed by atoms with Crippen LogP contribution in [0.5, 0.6) is 5.75 Å². The number of hydrogen-bond donors (Lipinski definition) is 0. The number of rotatable bonds is 3. The first-order valence-corrected chi connectivity index (χ1v) is 5.89. The quantitative estimate of drug-likeness (QED) is 0.565. The van der Waals surface area contributed by atoms with Crippen LogP contribution in [0.25, 0.3) is 0 Å². The van der Waals surface area contributed by atoms with Crippen LogP contribution in [0.3, 0.4) is 0 Å². The Kier molecular flexibility index (Phi) is 4.50. The maximum absolute atomic E-state index is 5.36. The van der Waals surface area contributed by atoms with Crippen LogP contribution < -0.4 is 4.74 Å². The monoisotopic (exact) mass is 232 g/mol. The maximum atomic E-state index is 5.36. The van der Waals surface area contributed by atoms with Crippen LogP contribution in [0.2, 0.25) is 0 Å². The topological polar surface area (TPSA) is 12.2 Å². The van der Waals surface area contributed by atoms with Gasteiger partial charge in [0.15, 0.2) is 5.70 Å². The van der Waals surface area contributed by atoms with E-state index < -0.39 is 0 Å². The van der Waals surface area contributed by atoms with E-state index in [4.69, 9.17) is 4.74 Å². The van der Waals surface area contributed by atoms with Crippen LogP contribution in [0.15, 0.2) is 29.5 Å². The molecule has 0 fully saturated rings. The van der Waals surface area contributed by atoms with E-state index in [1.807, 2.05) is 19.1 Å². The molecule has 0 radical (unpaired) electrons. The Morgan fingerprint density at radius 2 is 1.88 bits per heavy atom. The van der Waals surface area contributed by atoms with Gasteiger partial charge in [-0.05, 0) is 32.4 Å². The lowest BCUT2D eigenvalue weighted by Crippen LogP contribution is -2.06. The molecule has 0 aliphatic rings. The third-order valence-electron chi connectivity index (χ3n) is 3.08. The molecule has 0 bridgehead atoms. The first kappa shape index (κ1) is 13.5. The van der Waals surface area contributed by atoms with Gasteiger partial charge >= 0.3 is 0 Å². The molecule has 0 atom stereocenters. The summed E-state index contributed by atoms with van der Waals surface area (Å²) >= 11 is 0. The highest BCUT2D eigenvalue weighted by Gasteiger charge is 2.17. The lowest BCUT2D eigenvalue weighted by atomic mass is 10.1. The third-order valence-corrected chi connectivity index (χ3v) is 3.08. The largest absolute Gasteiger partial charge is 0.496 e. The molecule has 1 aromatic carbocycles. The van der Waals surface area contributed by atoms with Gasteiger partial charge in [-0.15, -0.1) is 0 Å². The van der Waals surface area contributed by atoms with Crippen molar-refractivity contribution < 1.29 is 9.31 Å². The summed E-state index contributed by atoms with van der Waals surface area (Å²) in [6.45, 7) is 10.5. The Bertz CT molecular complexity index is 466. The van der Waals surface area contributed by atoms with Crippen molar-refractivity contribution in [2.24, 2.45) is 0 Å². The SMILES string of the molecule is CC=[N+](C(C)=C(C)C)c1cccc(OC)c1C. The first-order valence-electron chi connectivity index (χ1n) is 5.89. The summed E-state index contributed by atoms with van der Waals surface area (Å²) in [5, 5.41) is 0. The minimum Gasteiger partial charge on any atom is -0.496 e. The molecule has 0 saturated carbocycles. The van der Waals surface area contributed by atoms with Gasteiger partial charge in [-0.3, -0.25) is 0 Å². The molecule has 0 heterocycles. The zero-order valence-electron chi connectivity index (χ0n) is 11.7. The van der Waals surface area contributed by atoms with E-state index in [1.165, 1.54) is 17.0 Å². The summed E-state index contributed by atoms with van der Waals surface area (Å²) in [5.41, 5.74) is 4.90. The van der Waals surface area contributed by atoms with Crippen molar-refractivity contribution >= 4 is 11.9 Å². The highest BCUT2D eigenvalue weighted by atomic mass is 16.5. The Labute approximate surface area is 104 Å². The molecular weight excluding hydrogens is 210 g/mol. The fourth-order valence-electron chi connectivity index (χ4n) is 1.84. The average Bonchev–Trinajstić information content (AvgIpc) is 2.31. The lowest BCUT2D eigenvalue weighted by Gasteiger charge is -2.09. The highest BCUT2D eigenvalue weighted by molar-refractivity contribution is 5.56. The average molecular weight is 232 g/mol. The van der Waals surface area contributed by atoms with Crippen LogP contribution in [0.4, 0.5) is 5.69 Å². The van der Waals surface area contributed by atoms with E-state index in [9.17, 15) is 0 Å². The smallest absolute Gasteiger partial charge is 0.217 e. The Morgan fingerprint density at radius 3 is 2.35 bits per heavy atom. The second-order valence-electron chi connectivity index (χ2n) is 4.32. The number of methoxy groups -OCH3 is 1. The minimum absolute atomic E-state index is 0.927. The first-order chi connectivity index (χ1) is 8.02. The fraction of sp³-hybridized carbons (Fsp3) is 0.400. The van der Waals surface area contributed by atoms with Crippen LogP contribution in [-0.2, 0) is 0 Å². The summed E-state index contributed by atoms with van der Waals surface area (Å²) in [4.78, 5) is 0. The third kappa shape index (κ3) is 2.76. The van der Waals surface area contributed by atoms with Crippen molar-refractivity contribution in [2.45, 2.75) is 34.6 Å². The summed E-state index contributed by atoms with van der Waals surface area (Å²) < 4.78 is 7.57. The molecule has 17 heavy (non-hydrogen) atoms. The van der Waals surface area contributed by atoms with Gasteiger partial charge in [0.05, 0.1) is 12.7 Å². The van der Waals surface area contributed by atoms with E-state index in [0.717, 1.165) is 11.3 Å². The molecule has 0 N–H and O–H groups in total. The van der Waals surface area contributed by atoms with E-state index in [2.05, 4.69) is 44.6 Å². The summed E-state index contributed by atoms with van der Waals surface area (Å²) in [6.07, 6.45) is 2.09. The van der Waals surface area contributed by atoms with Crippen LogP contribution in [0.1, 0.15) is 33.3 Å². The predicted molar refractivity (Wildman–Crippen MR) is 73.4 cm³/mol. The maximum Gasteiger partial charge on any atom is 0.217 e. The van der Waals surface area contributed by atoms with Gasteiger partial charge < -0.3 is 4.74 Å². The number of benzene rings is 1. The van der Waals surface area contributed by atoms with Crippen LogP contribution >= 0.6 is 0 Å². The molecular formula is C15H22NO+. The van der Waals surface area contributed by atoms with Gasteiger partial charge in [0.2, 0.25) is 5.69 Å².